The zero-order valence-corrected chi connectivity index (χ0v) is 8.45. The van der Waals surface area contributed by atoms with Gasteiger partial charge in [-0.25, -0.2) is 0 Å². The molecule has 2 heterocycles. The fraction of sp³-hybridized carbons (Fsp3) is 0.727. The van der Waals surface area contributed by atoms with Gasteiger partial charge < -0.3 is 9.64 Å². The monoisotopic (exact) mass is 195 g/mol. The second kappa shape index (κ2) is 4.60. The molecule has 78 valence electrons. The van der Waals surface area contributed by atoms with Crippen molar-refractivity contribution in [3.8, 4) is 0 Å². The molecule has 0 aromatic heterocycles. The van der Waals surface area contributed by atoms with Crippen LogP contribution in [0.15, 0.2) is 12.2 Å². The first kappa shape index (κ1) is 9.71. The number of rotatable bonds is 2. The van der Waals surface area contributed by atoms with Gasteiger partial charge in [-0.3, -0.25) is 4.79 Å². The Morgan fingerprint density at radius 2 is 2.43 bits per heavy atom. The zero-order chi connectivity index (χ0) is 9.80. The molecule has 2 aliphatic heterocycles. The molecule has 0 spiro atoms. The summed E-state index contributed by atoms with van der Waals surface area (Å²) in [5, 5.41) is 0. The smallest absolute Gasteiger partial charge is 0.225 e. The minimum absolute atomic E-state index is 0.188. The van der Waals surface area contributed by atoms with Crippen molar-refractivity contribution < 1.29 is 9.53 Å². The normalized spacial score (nSPS) is 26.9. The highest BCUT2D eigenvalue weighted by Crippen LogP contribution is 2.17. The van der Waals surface area contributed by atoms with Crippen molar-refractivity contribution in [1.82, 2.24) is 4.90 Å². The van der Waals surface area contributed by atoms with Crippen LogP contribution in [-0.4, -0.2) is 36.6 Å². The van der Waals surface area contributed by atoms with Gasteiger partial charge in [0.25, 0.3) is 0 Å². The minimum atomic E-state index is 0.188. The highest BCUT2D eigenvalue weighted by atomic mass is 16.5. The summed E-state index contributed by atoms with van der Waals surface area (Å²) in [6, 6.07) is 0. The van der Waals surface area contributed by atoms with Crippen LogP contribution in [-0.2, 0) is 9.53 Å². The van der Waals surface area contributed by atoms with Crippen molar-refractivity contribution in [3.63, 3.8) is 0 Å². The number of hydrogen-bond acceptors (Lipinski definition) is 2. The predicted octanol–water partition coefficient (Wildman–Crippen LogP) is 1.34. The predicted molar refractivity (Wildman–Crippen MR) is 53.9 cm³/mol. The van der Waals surface area contributed by atoms with Gasteiger partial charge in [-0.15, -0.1) is 0 Å². The summed E-state index contributed by atoms with van der Waals surface area (Å²) in [4.78, 5) is 13.7. The molecule has 14 heavy (non-hydrogen) atoms. The van der Waals surface area contributed by atoms with Crippen LogP contribution in [0.1, 0.15) is 25.7 Å². The van der Waals surface area contributed by atoms with Gasteiger partial charge in [-0.2, -0.15) is 0 Å². The molecule has 1 saturated heterocycles. The van der Waals surface area contributed by atoms with Crippen molar-refractivity contribution in [3.05, 3.63) is 12.2 Å². The van der Waals surface area contributed by atoms with E-state index in [0.29, 0.717) is 6.42 Å². The van der Waals surface area contributed by atoms with E-state index in [2.05, 4.69) is 12.2 Å². The van der Waals surface area contributed by atoms with Crippen LogP contribution < -0.4 is 0 Å². The first-order valence-corrected chi connectivity index (χ1v) is 5.40. The Balaban J connectivity index is 1.79. The minimum Gasteiger partial charge on any atom is -0.378 e. The molecule has 3 heteroatoms. The van der Waals surface area contributed by atoms with E-state index in [1.165, 1.54) is 0 Å². The molecule has 0 N–H and O–H groups in total. The van der Waals surface area contributed by atoms with Gasteiger partial charge in [0.05, 0.1) is 12.5 Å². The second-order valence-corrected chi connectivity index (χ2v) is 3.94. The van der Waals surface area contributed by atoms with E-state index in [4.69, 9.17) is 4.74 Å². The number of carbonyl (C=O) groups is 1. The van der Waals surface area contributed by atoms with Gasteiger partial charge in [0, 0.05) is 19.7 Å². The standard InChI is InChI=1S/C11H17NO2/c13-11(9-10-5-4-8-14-10)12-6-2-1-3-7-12/h1-2,10H,3-9H2. The first-order valence-electron chi connectivity index (χ1n) is 5.40. The van der Waals surface area contributed by atoms with Crippen LogP contribution in [0.2, 0.25) is 0 Å². The van der Waals surface area contributed by atoms with Gasteiger partial charge in [0.2, 0.25) is 5.91 Å². The second-order valence-electron chi connectivity index (χ2n) is 3.94. The molecule has 1 amide bonds. The van der Waals surface area contributed by atoms with Crippen molar-refractivity contribution in [1.29, 1.82) is 0 Å². The summed E-state index contributed by atoms with van der Waals surface area (Å²) >= 11 is 0. The third-order valence-corrected chi connectivity index (χ3v) is 2.84. The Labute approximate surface area is 84.7 Å². The van der Waals surface area contributed by atoms with E-state index in [1.54, 1.807) is 0 Å². The fourth-order valence-corrected chi connectivity index (χ4v) is 2.00. The lowest BCUT2D eigenvalue weighted by atomic mass is 10.1. The Morgan fingerprint density at radius 3 is 3.07 bits per heavy atom. The zero-order valence-electron chi connectivity index (χ0n) is 8.45. The lowest BCUT2D eigenvalue weighted by Crippen LogP contribution is -2.35. The van der Waals surface area contributed by atoms with E-state index in [0.717, 1.165) is 39.0 Å². The highest BCUT2D eigenvalue weighted by Gasteiger charge is 2.22. The Kier molecular flexibility index (Phi) is 3.19. The molecule has 2 aliphatic rings. The Morgan fingerprint density at radius 1 is 1.50 bits per heavy atom. The molecular formula is C11H17NO2. The number of nitrogens with zero attached hydrogens (tertiary/aromatic N) is 1. The number of amides is 1. The molecule has 0 aromatic rings. The summed E-state index contributed by atoms with van der Waals surface area (Å²) in [7, 11) is 0. The topological polar surface area (TPSA) is 29.5 Å². The van der Waals surface area contributed by atoms with Crippen LogP contribution in [0.5, 0.6) is 0 Å². The molecule has 0 bridgehead atoms. The van der Waals surface area contributed by atoms with Crippen LogP contribution in [0, 0.1) is 0 Å². The van der Waals surface area contributed by atoms with Gasteiger partial charge in [-0.05, 0) is 19.3 Å². The van der Waals surface area contributed by atoms with Crippen LogP contribution >= 0.6 is 0 Å². The molecule has 2 rings (SSSR count). The van der Waals surface area contributed by atoms with E-state index in [1.807, 2.05) is 4.90 Å². The van der Waals surface area contributed by atoms with Crippen molar-refractivity contribution in [2.75, 3.05) is 19.7 Å². The molecule has 0 aromatic carbocycles. The number of hydrogen-bond donors (Lipinski definition) is 0. The third kappa shape index (κ3) is 2.35. The largest absolute Gasteiger partial charge is 0.378 e. The van der Waals surface area contributed by atoms with Gasteiger partial charge in [-0.1, -0.05) is 12.2 Å². The molecule has 1 unspecified atom stereocenters. The van der Waals surface area contributed by atoms with Crippen LogP contribution in [0.3, 0.4) is 0 Å². The van der Waals surface area contributed by atoms with Crippen molar-refractivity contribution >= 4 is 5.91 Å². The first-order chi connectivity index (χ1) is 6.86. The van der Waals surface area contributed by atoms with E-state index in [9.17, 15) is 4.79 Å². The number of carbonyl (C=O) groups excluding carboxylic acids is 1. The molecule has 0 aliphatic carbocycles. The lowest BCUT2D eigenvalue weighted by molar-refractivity contribution is -0.133. The summed E-state index contributed by atoms with van der Waals surface area (Å²) in [6.45, 7) is 2.49. The molecule has 0 saturated carbocycles. The summed E-state index contributed by atoms with van der Waals surface area (Å²) in [6.07, 6.45) is 8.12. The molecular weight excluding hydrogens is 178 g/mol. The highest BCUT2D eigenvalue weighted by molar-refractivity contribution is 5.77. The van der Waals surface area contributed by atoms with Gasteiger partial charge in [0.1, 0.15) is 0 Å². The maximum absolute atomic E-state index is 11.8. The van der Waals surface area contributed by atoms with E-state index in [-0.39, 0.29) is 12.0 Å². The van der Waals surface area contributed by atoms with E-state index >= 15 is 0 Å². The fourth-order valence-electron chi connectivity index (χ4n) is 2.00. The average Bonchev–Trinajstić information content (AvgIpc) is 2.72. The maximum atomic E-state index is 11.8. The Bertz CT molecular complexity index is 231. The quantitative estimate of drug-likeness (QED) is 0.622. The van der Waals surface area contributed by atoms with Crippen molar-refractivity contribution in [2.45, 2.75) is 31.8 Å². The third-order valence-electron chi connectivity index (χ3n) is 2.84. The molecule has 1 atom stereocenters. The van der Waals surface area contributed by atoms with Crippen LogP contribution in [0.25, 0.3) is 0 Å². The van der Waals surface area contributed by atoms with E-state index < -0.39 is 0 Å². The lowest BCUT2D eigenvalue weighted by Gasteiger charge is -2.24. The molecule has 0 radical (unpaired) electrons. The Hall–Kier alpha value is -0.830. The SMILES string of the molecule is O=C(CC1CCCO1)N1CC=CCC1. The maximum Gasteiger partial charge on any atom is 0.225 e. The summed E-state index contributed by atoms with van der Waals surface area (Å²) in [5.41, 5.74) is 0. The van der Waals surface area contributed by atoms with Crippen LogP contribution in [0.4, 0.5) is 0 Å². The van der Waals surface area contributed by atoms with Gasteiger partial charge >= 0.3 is 0 Å². The number of ether oxygens (including phenoxy) is 1. The summed E-state index contributed by atoms with van der Waals surface area (Å²) < 4.78 is 5.45. The average molecular weight is 195 g/mol. The van der Waals surface area contributed by atoms with Crippen molar-refractivity contribution in [2.24, 2.45) is 0 Å². The molecule has 3 nitrogen and oxygen atoms in total. The molecule has 1 fully saturated rings. The summed E-state index contributed by atoms with van der Waals surface area (Å²) in [5.74, 6) is 0.251. The van der Waals surface area contributed by atoms with Gasteiger partial charge in [0.15, 0.2) is 0 Å².